The van der Waals surface area contributed by atoms with E-state index in [0.717, 1.165) is 0 Å². The van der Waals surface area contributed by atoms with E-state index in [9.17, 15) is 9.59 Å². The van der Waals surface area contributed by atoms with Crippen molar-refractivity contribution >= 4 is 23.2 Å². The molecule has 2 heterocycles. The number of rotatable bonds is 5. The van der Waals surface area contributed by atoms with Gasteiger partial charge in [-0.2, -0.15) is 0 Å². The first-order valence-corrected chi connectivity index (χ1v) is 9.93. The zero-order valence-electron chi connectivity index (χ0n) is 28.0. The quantitative estimate of drug-likeness (QED) is 0.389. The Kier molecular flexibility index (Phi) is 3.81. The number of amides is 2. The van der Waals surface area contributed by atoms with Crippen LogP contribution in [0.4, 0.5) is 11.4 Å². The zero-order chi connectivity index (χ0) is 32.3. The Morgan fingerprint density at radius 2 is 1.06 bits per heavy atom. The third-order valence-corrected chi connectivity index (χ3v) is 4.49. The van der Waals surface area contributed by atoms with E-state index in [1.165, 1.54) is 36.7 Å². The summed E-state index contributed by atoms with van der Waals surface area (Å²) >= 11 is 0. The fourth-order valence-electron chi connectivity index (χ4n) is 3.08. The Hall–Kier alpha value is -4.32. The molecule has 6 nitrogen and oxygen atoms in total. The summed E-state index contributed by atoms with van der Waals surface area (Å²) in [5.74, 6) is -1.43. The molecule has 2 N–H and O–H groups in total. The van der Waals surface area contributed by atoms with Gasteiger partial charge in [0.1, 0.15) is 0 Å². The third kappa shape index (κ3) is 5.53. The van der Waals surface area contributed by atoms with E-state index in [1.807, 2.05) is 0 Å². The molecule has 0 fully saturated rings. The van der Waals surface area contributed by atoms with Crippen LogP contribution in [0.2, 0.25) is 0 Å². The summed E-state index contributed by atoms with van der Waals surface area (Å²) in [4.78, 5) is 34.7. The van der Waals surface area contributed by atoms with Crippen LogP contribution < -0.4 is 10.6 Å². The average Bonchev–Trinajstić information content (AvgIpc) is 3.02. The number of aromatic nitrogens is 2. The fourth-order valence-corrected chi connectivity index (χ4v) is 3.08. The summed E-state index contributed by atoms with van der Waals surface area (Å²) in [6, 6.07) is 3.68. The molecule has 170 valence electrons. The molecule has 34 heavy (non-hydrogen) atoms. The first-order chi connectivity index (χ1) is 21.0. The van der Waals surface area contributed by atoms with Gasteiger partial charge in [0.25, 0.3) is 11.8 Å². The van der Waals surface area contributed by atoms with Crippen LogP contribution in [0.15, 0.2) is 72.9 Å². The van der Waals surface area contributed by atoms with Crippen molar-refractivity contribution in [2.75, 3.05) is 10.6 Å². The molecule has 6 heteroatoms. The molecule has 0 bridgehead atoms. The molecule has 4 aromatic rings. The summed E-state index contributed by atoms with van der Waals surface area (Å²) < 4.78 is 80.0. The van der Waals surface area contributed by atoms with Crippen molar-refractivity contribution in [3.05, 3.63) is 106 Å². The Morgan fingerprint density at radius 3 is 1.41 bits per heavy atom. The van der Waals surface area contributed by atoms with Gasteiger partial charge in [-0.3, -0.25) is 19.6 Å². The van der Waals surface area contributed by atoms with Crippen molar-refractivity contribution in [1.29, 1.82) is 0 Å². The molecule has 0 saturated heterocycles. The van der Waals surface area contributed by atoms with E-state index in [0.29, 0.717) is 0 Å². The van der Waals surface area contributed by atoms with Crippen LogP contribution in [0.1, 0.15) is 56.7 Å². The summed E-state index contributed by atoms with van der Waals surface area (Å²) in [6.45, 7) is -1.72. The highest BCUT2D eigenvalue weighted by molar-refractivity contribution is 6.06. The van der Waals surface area contributed by atoms with Crippen molar-refractivity contribution in [1.82, 2.24) is 9.97 Å². The molecule has 2 amide bonds. The second-order valence-corrected chi connectivity index (χ2v) is 7.18. The van der Waals surface area contributed by atoms with Gasteiger partial charge < -0.3 is 10.6 Å². The lowest BCUT2D eigenvalue weighted by molar-refractivity contribution is 0.101. The molecular weight excluding hydrogens is 424 g/mol. The average molecular weight is 461 g/mol. The highest BCUT2D eigenvalue weighted by Crippen LogP contribution is 2.20. The van der Waals surface area contributed by atoms with E-state index in [4.69, 9.17) is 13.7 Å². The number of hydrogen-bond acceptors (Lipinski definition) is 4. The Labute approximate surface area is 213 Å². The van der Waals surface area contributed by atoms with Crippen molar-refractivity contribution in [2.45, 2.75) is 27.6 Å². The largest absolute Gasteiger partial charge is 0.322 e. The molecule has 0 aliphatic rings. The van der Waals surface area contributed by atoms with Crippen LogP contribution in [-0.4, -0.2) is 21.8 Å². The minimum Gasteiger partial charge on any atom is -0.322 e. The Morgan fingerprint density at radius 1 is 0.676 bits per heavy atom. The lowest BCUT2D eigenvalue weighted by Crippen LogP contribution is -2.13. The van der Waals surface area contributed by atoms with Crippen molar-refractivity contribution in [3.8, 4) is 11.4 Å². The maximum Gasteiger partial charge on any atom is 0.255 e. The minimum absolute atomic E-state index is 0.00851. The molecule has 0 atom stereocenters. The van der Waals surface area contributed by atoms with Gasteiger partial charge in [-0.1, -0.05) is 12.1 Å². The van der Waals surface area contributed by atoms with Gasteiger partial charge in [0.2, 0.25) is 0 Å². The van der Waals surface area contributed by atoms with Gasteiger partial charge in [-0.15, -0.1) is 0 Å². The van der Waals surface area contributed by atoms with Crippen molar-refractivity contribution in [3.63, 3.8) is 0 Å². The summed E-state index contributed by atoms with van der Waals surface area (Å²) in [5, 5.41) is 4.98. The molecule has 0 unspecified atom stereocenters. The summed E-state index contributed by atoms with van der Waals surface area (Å²) in [6.07, 6.45) is 2.65. The van der Waals surface area contributed by atoms with E-state index in [-0.39, 0.29) is 92.4 Å². The number of carbonyl (C=O) groups excluding carboxylic acids is 2. The number of carbonyl (C=O) groups is 2. The smallest absolute Gasteiger partial charge is 0.255 e. The fraction of sp³-hybridized carbons (Fsp3) is 0.143. The molecule has 0 aliphatic carbocycles. The van der Waals surface area contributed by atoms with E-state index in [2.05, 4.69) is 20.6 Å². The zero-order valence-corrected chi connectivity index (χ0v) is 18.0. The van der Waals surface area contributed by atoms with Crippen LogP contribution in [0, 0.1) is 27.6 Å². The van der Waals surface area contributed by atoms with Crippen LogP contribution in [0.25, 0.3) is 11.4 Å². The number of anilines is 2. The van der Waals surface area contributed by atoms with Gasteiger partial charge in [0.05, 0.1) is 19.6 Å². The maximum absolute atomic E-state index is 13.2. The first-order valence-electron chi connectivity index (χ1n) is 15.8. The SMILES string of the molecule is [2H]Cc1c([2H])c(C[2H])c([2H])c(NC(=O)c2ccnc(-c3cc(C(=O)Nc4c([2H])c(C[2H])c([2H])c(C[2H])c4[2H])ccn3)c2)c1[2H]. The molecule has 4 rings (SSSR count). The molecule has 0 spiro atoms. The van der Waals surface area contributed by atoms with Gasteiger partial charge in [-0.05, 0) is 98.3 Å². The van der Waals surface area contributed by atoms with Gasteiger partial charge in [-0.25, -0.2) is 0 Å². The van der Waals surface area contributed by atoms with Crippen LogP contribution in [0.5, 0.6) is 0 Å². The summed E-state index contributed by atoms with van der Waals surface area (Å²) in [5.41, 5.74) is 0.0616. The van der Waals surface area contributed by atoms with Crippen LogP contribution in [-0.2, 0) is 0 Å². The lowest BCUT2D eigenvalue weighted by atomic mass is 10.1. The summed E-state index contributed by atoms with van der Waals surface area (Å²) in [7, 11) is 0. The van der Waals surface area contributed by atoms with Crippen molar-refractivity contribution in [2.24, 2.45) is 0 Å². The van der Waals surface area contributed by atoms with E-state index in [1.54, 1.807) is 0 Å². The predicted molar refractivity (Wildman–Crippen MR) is 135 cm³/mol. The van der Waals surface area contributed by atoms with Gasteiger partial charge in [0, 0.05) is 40.4 Å². The molecule has 2 aromatic carbocycles. The standard InChI is InChI=1S/C28H26N4O2/c1-17-9-18(2)12-23(11-17)31-27(33)21-5-7-29-25(15-21)26-16-22(6-8-30-26)28(34)32-24-13-19(3)10-20(4)14-24/h5-16H,1-4H3,(H,31,33)(H,32,34)/i1D,2D,3D,4D,9D,10D,11D,12D,13D,14D. The number of nitrogens with one attached hydrogen (secondary N) is 2. The van der Waals surface area contributed by atoms with Gasteiger partial charge >= 0.3 is 0 Å². The van der Waals surface area contributed by atoms with Crippen LogP contribution in [0.3, 0.4) is 0 Å². The van der Waals surface area contributed by atoms with Gasteiger partial charge in [0.15, 0.2) is 0 Å². The second kappa shape index (κ2) is 9.67. The normalized spacial score (nSPS) is 14.6. The second-order valence-electron chi connectivity index (χ2n) is 7.18. The molecular formula is C28H26N4O2. The number of pyridine rings is 2. The number of nitrogens with zero attached hydrogens (tertiary/aromatic N) is 2. The number of benzene rings is 2. The topological polar surface area (TPSA) is 84.0 Å². The monoisotopic (exact) mass is 460 g/mol. The van der Waals surface area contributed by atoms with Crippen LogP contribution >= 0.6 is 0 Å². The lowest BCUT2D eigenvalue weighted by Gasteiger charge is -2.10. The molecule has 0 saturated carbocycles. The van der Waals surface area contributed by atoms with E-state index < -0.39 is 39.4 Å². The first kappa shape index (κ1) is 13.4. The Balaban J connectivity index is 1.64. The molecule has 2 aromatic heterocycles. The highest BCUT2D eigenvalue weighted by Gasteiger charge is 2.13. The van der Waals surface area contributed by atoms with E-state index >= 15 is 0 Å². The minimum atomic E-state index is -0.715. The highest BCUT2D eigenvalue weighted by atomic mass is 16.2. The third-order valence-electron chi connectivity index (χ3n) is 4.49. The molecule has 0 aliphatic heterocycles. The molecule has 0 radical (unpaired) electrons. The predicted octanol–water partition coefficient (Wildman–Crippen LogP) is 5.88. The van der Waals surface area contributed by atoms with Crippen molar-refractivity contribution < 1.29 is 23.3 Å². The Bertz CT molecular complexity index is 1590. The maximum atomic E-state index is 13.2. The number of hydrogen-bond donors (Lipinski definition) is 2.